The number of oxazole rings is 1. The summed E-state index contributed by atoms with van der Waals surface area (Å²) in [4.78, 5) is 27.3. The summed E-state index contributed by atoms with van der Waals surface area (Å²) in [5, 5.41) is 3.00. The van der Waals surface area contributed by atoms with E-state index in [1.54, 1.807) is 6.20 Å². The first-order valence-corrected chi connectivity index (χ1v) is 9.36. The number of nitrogens with one attached hydrogen (secondary N) is 1. The number of rotatable bonds is 4. The number of amides is 2. The van der Waals surface area contributed by atoms with Crippen LogP contribution in [0.25, 0.3) is 11.1 Å². The number of nitrogens with zero attached hydrogens (tertiary/aromatic N) is 5. The molecule has 1 aromatic carbocycles. The standard InChI is InChI=1S/C20H24N6O2/c1-24(2)18-15(6-5-9-21-18)14-22-19(27)25-10-12-26(13-11-25)20-23-16-7-3-4-8-17(16)28-20/h3-9H,10-14H2,1-2H3,(H,22,27). The topological polar surface area (TPSA) is 77.7 Å². The minimum absolute atomic E-state index is 0.0641. The number of hydrogen-bond donors (Lipinski definition) is 1. The lowest BCUT2D eigenvalue weighted by Crippen LogP contribution is -2.51. The van der Waals surface area contributed by atoms with Crippen molar-refractivity contribution in [2.75, 3.05) is 50.1 Å². The van der Waals surface area contributed by atoms with E-state index in [0.717, 1.165) is 22.5 Å². The quantitative estimate of drug-likeness (QED) is 0.749. The zero-order valence-corrected chi connectivity index (χ0v) is 16.1. The number of urea groups is 1. The molecule has 3 heterocycles. The zero-order valence-electron chi connectivity index (χ0n) is 16.1. The number of carbonyl (C=O) groups excluding carboxylic acids is 1. The average molecular weight is 380 g/mol. The molecule has 2 aromatic heterocycles. The second-order valence-corrected chi connectivity index (χ2v) is 6.98. The molecule has 4 rings (SSSR count). The Balaban J connectivity index is 1.33. The molecule has 1 N–H and O–H groups in total. The summed E-state index contributed by atoms with van der Waals surface area (Å²) in [6.45, 7) is 3.08. The molecule has 0 radical (unpaired) electrons. The fourth-order valence-corrected chi connectivity index (χ4v) is 3.35. The largest absolute Gasteiger partial charge is 0.423 e. The number of carbonyl (C=O) groups is 1. The van der Waals surface area contributed by atoms with Crippen molar-refractivity contribution >= 4 is 29.0 Å². The molecule has 1 fully saturated rings. The maximum atomic E-state index is 12.6. The lowest BCUT2D eigenvalue weighted by atomic mass is 10.2. The third-order valence-corrected chi connectivity index (χ3v) is 4.84. The second-order valence-electron chi connectivity index (χ2n) is 6.98. The number of pyridine rings is 1. The van der Waals surface area contributed by atoms with Gasteiger partial charge in [0.2, 0.25) is 0 Å². The molecule has 1 aliphatic heterocycles. The highest BCUT2D eigenvalue weighted by Gasteiger charge is 2.24. The second kappa shape index (κ2) is 7.75. The Labute approximate surface area is 163 Å². The molecule has 0 spiro atoms. The molecule has 8 heteroatoms. The van der Waals surface area contributed by atoms with E-state index in [2.05, 4.69) is 20.2 Å². The predicted molar refractivity (Wildman–Crippen MR) is 109 cm³/mol. The van der Waals surface area contributed by atoms with Crippen molar-refractivity contribution in [3.05, 3.63) is 48.2 Å². The smallest absolute Gasteiger partial charge is 0.317 e. The summed E-state index contributed by atoms with van der Waals surface area (Å²) >= 11 is 0. The minimum atomic E-state index is -0.0641. The van der Waals surface area contributed by atoms with Crippen LogP contribution in [0.5, 0.6) is 0 Å². The molecule has 1 aliphatic rings. The van der Waals surface area contributed by atoms with Crippen molar-refractivity contribution in [1.29, 1.82) is 0 Å². The van der Waals surface area contributed by atoms with Gasteiger partial charge in [-0.05, 0) is 18.2 Å². The van der Waals surface area contributed by atoms with Gasteiger partial charge in [-0.2, -0.15) is 4.98 Å². The number of fused-ring (bicyclic) bond motifs is 1. The zero-order chi connectivity index (χ0) is 19.5. The number of aromatic nitrogens is 2. The summed E-state index contributed by atoms with van der Waals surface area (Å²) < 4.78 is 5.83. The van der Waals surface area contributed by atoms with Crippen molar-refractivity contribution in [1.82, 2.24) is 20.2 Å². The molecule has 0 saturated carbocycles. The van der Waals surface area contributed by atoms with Crippen molar-refractivity contribution in [3.63, 3.8) is 0 Å². The van der Waals surface area contributed by atoms with Gasteiger partial charge in [0.15, 0.2) is 5.58 Å². The first kappa shape index (κ1) is 18.1. The number of piperazine rings is 1. The Morgan fingerprint density at radius 2 is 1.93 bits per heavy atom. The minimum Gasteiger partial charge on any atom is -0.423 e. The van der Waals surface area contributed by atoms with Gasteiger partial charge >= 0.3 is 6.03 Å². The Hall–Kier alpha value is -3.29. The average Bonchev–Trinajstić information content (AvgIpc) is 3.16. The van der Waals surface area contributed by atoms with E-state index in [0.29, 0.717) is 38.7 Å². The third-order valence-electron chi connectivity index (χ3n) is 4.84. The van der Waals surface area contributed by atoms with E-state index in [9.17, 15) is 4.79 Å². The van der Waals surface area contributed by atoms with Gasteiger partial charge in [0, 0.05) is 58.6 Å². The van der Waals surface area contributed by atoms with Crippen LogP contribution in [0.2, 0.25) is 0 Å². The molecular formula is C20H24N6O2. The van der Waals surface area contributed by atoms with Crippen molar-refractivity contribution in [2.24, 2.45) is 0 Å². The van der Waals surface area contributed by atoms with Gasteiger partial charge in [-0.25, -0.2) is 9.78 Å². The molecule has 0 bridgehead atoms. The van der Waals surface area contributed by atoms with Crippen LogP contribution in [-0.2, 0) is 6.54 Å². The van der Waals surface area contributed by atoms with Crippen molar-refractivity contribution in [3.8, 4) is 0 Å². The third kappa shape index (κ3) is 3.71. The molecule has 1 saturated heterocycles. The number of benzene rings is 1. The predicted octanol–water partition coefficient (Wildman–Crippen LogP) is 2.32. The molecule has 2 amide bonds. The monoisotopic (exact) mass is 380 g/mol. The van der Waals surface area contributed by atoms with E-state index in [1.165, 1.54) is 0 Å². The lowest BCUT2D eigenvalue weighted by molar-refractivity contribution is 0.193. The van der Waals surface area contributed by atoms with Gasteiger partial charge in [0.1, 0.15) is 11.3 Å². The molecule has 28 heavy (non-hydrogen) atoms. The summed E-state index contributed by atoms with van der Waals surface area (Å²) in [5.41, 5.74) is 2.63. The van der Waals surface area contributed by atoms with Crippen molar-refractivity contribution in [2.45, 2.75) is 6.54 Å². The van der Waals surface area contributed by atoms with Crippen LogP contribution >= 0.6 is 0 Å². The van der Waals surface area contributed by atoms with Gasteiger partial charge in [0.05, 0.1) is 0 Å². The lowest BCUT2D eigenvalue weighted by Gasteiger charge is -2.33. The number of anilines is 2. The first-order chi connectivity index (χ1) is 13.6. The summed E-state index contributed by atoms with van der Waals surface area (Å²) in [5.74, 6) is 0.864. The molecule has 0 atom stereocenters. The Morgan fingerprint density at radius 3 is 2.68 bits per heavy atom. The highest BCUT2D eigenvalue weighted by Crippen LogP contribution is 2.22. The van der Waals surface area contributed by atoms with Gasteiger partial charge in [0.25, 0.3) is 6.01 Å². The van der Waals surface area contributed by atoms with Crippen LogP contribution in [0.15, 0.2) is 47.0 Å². The molecule has 146 valence electrons. The highest BCUT2D eigenvalue weighted by atomic mass is 16.4. The Kier molecular flexibility index (Phi) is 5.01. The van der Waals surface area contributed by atoms with Crippen LogP contribution in [0.4, 0.5) is 16.6 Å². The molecule has 0 unspecified atom stereocenters. The van der Waals surface area contributed by atoms with E-state index >= 15 is 0 Å². The molecular weight excluding hydrogens is 356 g/mol. The Bertz CT molecular complexity index is 929. The van der Waals surface area contributed by atoms with Crippen LogP contribution in [0.1, 0.15) is 5.56 Å². The van der Waals surface area contributed by atoms with Crippen molar-refractivity contribution < 1.29 is 9.21 Å². The Morgan fingerprint density at radius 1 is 1.14 bits per heavy atom. The van der Waals surface area contributed by atoms with Gasteiger partial charge < -0.3 is 24.4 Å². The maximum Gasteiger partial charge on any atom is 0.317 e. The van der Waals surface area contributed by atoms with E-state index < -0.39 is 0 Å². The summed E-state index contributed by atoms with van der Waals surface area (Å²) in [7, 11) is 3.89. The number of para-hydroxylation sites is 2. The van der Waals surface area contributed by atoms with Gasteiger partial charge in [-0.15, -0.1) is 0 Å². The molecule has 3 aromatic rings. The SMILES string of the molecule is CN(C)c1ncccc1CNC(=O)N1CCN(c2nc3ccccc3o2)CC1. The van der Waals surface area contributed by atoms with Crippen LogP contribution in [-0.4, -0.2) is 61.2 Å². The van der Waals surface area contributed by atoms with Gasteiger partial charge in [-0.1, -0.05) is 18.2 Å². The van der Waals surface area contributed by atoms with Crippen LogP contribution in [0.3, 0.4) is 0 Å². The van der Waals surface area contributed by atoms with E-state index in [1.807, 2.05) is 60.3 Å². The molecule has 0 aliphatic carbocycles. The van der Waals surface area contributed by atoms with Gasteiger partial charge in [-0.3, -0.25) is 0 Å². The van der Waals surface area contributed by atoms with E-state index in [4.69, 9.17) is 4.42 Å². The maximum absolute atomic E-state index is 12.6. The fraction of sp³-hybridized carbons (Fsp3) is 0.350. The van der Waals surface area contributed by atoms with E-state index in [-0.39, 0.29) is 6.03 Å². The van der Waals surface area contributed by atoms with Crippen LogP contribution in [0, 0.1) is 0 Å². The summed E-state index contributed by atoms with van der Waals surface area (Å²) in [6.07, 6.45) is 1.76. The van der Waals surface area contributed by atoms with Crippen LogP contribution < -0.4 is 15.1 Å². The summed E-state index contributed by atoms with van der Waals surface area (Å²) in [6, 6.07) is 12.1. The highest BCUT2D eigenvalue weighted by molar-refractivity contribution is 5.75. The first-order valence-electron chi connectivity index (χ1n) is 9.36. The number of hydrogen-bond acceptors (Lipinski definition) is 6. The molecule has 8 nitrogen and oxygen atoms in total. The fourth-order valence-electron chi connectivity index (χ4n) is 3.35. The normalized spacial score (nSPS) is 14.4.